The van der Waals surface area contributed by atoms with Crippen LogP contribution < -0.4 is 4.90 Å². The van der Waals surface area contributed by atoms with Crippen molar-refractivity contribution < 1.29 is 9.59 Å². The molecular weight excluding hydrogens is 290 g/mol. The van der Waals surface area contributed by atoms with Gasteiger partial charge in [0.15, 0.2) is 0 Å². The van der Waals surface area contributed by atoms with E-state index in [4.69, 9.17) is 0 Å². The number of fused-ring (bicyclic) bond motifs is 1. The van der Waals surface area contributed by atoms with Crippen molar-refractivity contribution in [1.82, 2.24) is 0 Å². The van der Waals surface area contributed by atoms with Gasteiger partial charge in [-0.3, -0.25) is 9.59 Å². The highest BCUT2D eigenvalue weighted by molar-refractivity contribution is 7.28. The Morgan fingerprint density at radius 1 is 1.15 bits per heavy atom. The molecule has 0 atom stereocenters. The number of thiophene rings is 2. The molecule has 0 aliphatic heterocycles. The summed E-state index contributed by atoms with van der Waals surface area (Å²) in [6.07, 6.45) is 0.740. The third-order valence-corrected chi connectivity index (χ3v) is 5.15. The minimum Gasteiger partial charge on any atom is -0.318 e. The molecule has 0 saturated carbocycles. The van der Waals surface area contributed by atoms with Gasteiger partial charge in [0.1, 0.15) is 0 Å². The molecule has 0 spiro atoms. The summed E-state index contributed by atoms with van der Waals surface area (Å²) in [5.74, 6) is 0.0266. The van der Waals surface area contributed by atoms with E-state index in [1.165, 1.54) is 16.2 Å². The highest BCUT2D eigenvalue weighted by Crippen LogP contribution is 2.31. The van der Waals surface area contributed by atoms with E-state index in [1.54, 1.807) is 42.6 Å². The number of nitrogens with zero attached hydrogens (tertiary/aromatic N) is 1. The summed E-state index contributed by atoms with van der Waals surface area (Å²) >= 11 is 3.16. The van der Waals surface area contributed by atoms with Crippen molar-refractivity contribution in [2.75, 3.05) is 11.9 Å². The van der Waals surface area contributed by atoms with Crippen molar-refractivity contribution in [3.8, 4) is 0 Å². The van der Waals surface area contributed by atoms with Gasteiger partial charge in [0.05, 0.1) is 4.88 Å². The standard InChI is InChI=1S/C15H11NO2S2/c1-16(9-17)11-4-2-10(3-5-11)15(18)14-8-13-12(20-14)6-7-19-13/h2-9H,1H3. The van der Waals surface area contributed by atoms with Crippen LogP contribution in [0.1, 0.15) is 15.2 Å². The van der Waals surface area contributed by atoms with Crippen LogP contribution in [-0.2, 0) is 4.79 Å². The highest BCUT2D eigenvalue weighted by Gasteiger charge is 2.13. The van der Waals surface area contributed by atoms with Gasteiger partial charge >= 0.3 is 0 Å². The molecule has 3 aromatic rings. The van der Waals surface area contributed by atoms with Gasteiger partial charge in [-0.15, -0.1) is 22.7 Å². The lowest BCUT2D eigenvalue weighted by molar-refractivity contribution is -0.107. The Labute approximate surface area is 124 Å². The molecular formula is C15H11NO2S2. The van der Waals surface area contributed by atoms with E-state index in [-0.39, 0.29) is 5.78 Å². The molecule has 0 N–H and O–H groups in total. The maximum atomic E-state index is 12.4. The van der Waals surface area contributed by atoms with E-state index < -0.39 is 0 Å². The van der Waals surface area contributed by atoms with Crippen LogP contribution in [0, 0.1) is 0 Å². The number of carbonyl (C=O) groups excluding carboxylic acids is 2. The molecule has 3 rings (SSSR count). The number of hydrogen-bond donors (Lipinski definition) is 0. The third kappa shape index (κ3) is 2.26. The molecule has 1 aromatic carbocycles. The van der Waals surface area contributed by atoms with Gasteiger partial charge in [-0.2, -0.15) is 0 Å². The summed E-state index contributed by atoms with van der Waals surface area (Å²) in [6.45, 7) is 0. The van der Waals surface area contributed by atoms with Gasteiger partial charge in [-0.1, -0.05) is 0 Å². The fourth-order valence-electron chi connectivity index (χ4n) is 1.93. The van der Waals surface area contributed by atoms with E-state index in [0.717, 1.165) is 26.4 Å². The first kappa shape index (κ1) is 13.0. The zero-order valence-electron chi connectivity index (χ0n) is 10.7. The van der Waals surface area contributed by atoms with Crippen molar-refractivity contribution in [3.63, 3.8) is 0 Å². The van der Waals surface area contributed by atoms with Crippen LogP contribution in [0.2, 0.25) is 0 Å². The molecule has 0 aliphatic rings. The average Bonchev–Trinajstić information content (AvgIpc) is 3.07. The van der Waals surface area contributed by atoms with Gasteiger partial charge in [-0.25, -0.2) is 0 Å². The van der Waals surface area contributed by atoms with Crippen LogP contribution in [0.3, 0.4) is 0 Å². The molecule has 5 heteroatoms. The summed E-state index contributed by atoms with van der Waals surface area (Å²) in [5.41, 5.74) is 1.41. The molecule has 0 saturated heterocycles. The predicted octanol–water partition coefficient (Wildman–Crippen LogP) is 3.79. The van der Waals surface area contributed by atoms with Crippen LogP contribution >= 0.6 is 22.7 Å². The number of benzene rings is 1. The smallest absolute Gasteiger partial charge is 0.213 e. The molecule has 0 radical (unpaired) electrons. The topological polar surface area (TPSA) is 37.4 Å². The van der Waals surface area contributed by atoms with Crippen LogP contribution in [0.25, 0.3) is 9.40 Å². The largest absolute Gasteiger partial charge is 0.318 e. The van der Waals surface area contributed by atoms with Gasteiger partial charge in [0, 0.05) is 27.7 Å². The zero-order chi connectivity index (χ0) is 14.1. The first-order valence-corrected chi connectivity index (χ1v) is 7.68. The normalized spacial score (nSPS) is 10.7. The zero-order valence-corrected chi connectivity index (χ0v) is 12.3. The summed E-state index contributed by atoms with van der Waals surface area (Å²) < 4.78 is 2.30. The molecule has 100 valence electrons. The van der Waals surface area contributed by atoms with E-state index in [1.807, 2.05) is 17.5 Å². The molecule has 20 heavy (non-hydrogen) atoms. The highest BCUT2D eigenvalue weighted by atomic mass is 32.1. The van der Waals surface area contributed by atoms with Crippen LogP contribution in [0.15, 0.2) is 41.8 Å². The maximum Gasteiger partial charge on any atom is 0.213 e. The van der Waals surface area contributed by atoms with Crippen LogP contribution in [-0.4, -0.2) is 19.2 Å². The van der Waals surface area contributed by atoms with Crippen molar-refractivity contribution in [2.45, 2.75) is 0 Å². The fraction of sp³-hybridized carbons (Fsp3) is 0.0667. The van der Waals surface area contributed by atoms with E-state index in [2.05, 4.69) is 0 Å². The minimum absolute atomic E-state index is 0.0266. The Hall–Kier alpha value is -1.98. The summed E-state index contributed by atoms with van der Waals surface area (Å²) in [5, 5.41) is 2.03. The SMILES string of the molecule is CN(C=O)c1ccc(C(=O)c2cc3sccc3s2)cc1. The maximum absolute atomic E-state index is 12.4. The quantitative estimate of drug-likeness (QED) is 0.543. The van der Waals surface area contributed by atoms with E-state index in [9.17, 15) is 9.59 Å². The Morgan fingerprint density at radius 3 is 2.55 bits per heavy atom. The predicted molar refractivity (Wildman–Crippen MR) is 84.0 cm³/mol. The van der Waals surface area contributed by atoms with E-state index in [0.29, 0.717) is 5.56 Å². The minimum atomic E-state index is 0.0266. The number of hydrogen-bond acceptors (Lipinski definition) is 4. The number of anilines is 1. The van der Waals surface area contributed by atoms with Crippen LogP contribution in [0.4, 0.5) is 5.69 Å². The molecule has 0 unspecified atom stereocenters. The molecule has 3 nitrogen and oxygen atoms in total. The van der Waals surface area contributed by atoms with Gasteiger partial charge in [-0.05, 0) is 41.8 Å². The summed E-state index contributed by atoms with van der Waals surface area (Å²) in [6, 6.07) is 11.0. The van der Waals surface area contributed by atoms with E-state index >= 15 is 0 Å². The summed E-state index contributed by atoms with van der Waals surface area (Å²) in [7, 11) is 1.68. The lowest BCUT2D eigenvalue weighted by Gasteiger charge is -2.10. The molecule has 0 aliphatic carbocycles. The lowest BCUT2D eigenvalue weighted by Crippen LogP contribution is -2.13. The average molecular weight is 301 g/mol. The number of rotatable bonds is 4. The second-order valence-corrected chi connectivity index (χ2v) is 6.38. The molecule has 2 aromatic heterocycles. The van der Waals surface area contributed by atoms with Crippen molar-refractivity contribution in [3.05, 3.63) is 52.2 Å². The van der Waals surface area contributed by atoms with Crippen molar-refractivity contribution in [2.24, 2.45) is 0 Å². The lowest BCUT2D eigenvalue weighted by atomic mass is 10.1. The van der Waals surface area contributed by atoms with Gasteiger partial charge in [0.25, 0.3) is 0 Å². The van der Waals surface area contributed by atoms with Gasteiger partial charge < -0.3 is 4.90 Å². The Kier molecular flexibility index (Phi) is 3.38. The molecule has 1 amide bonds. The Bertz CT molecular complexity index is 742. The first-order chi connectivity index (χ1) is 9.69. The molecule has 2 heterocycles. The van der Waals surface area contributed by atoms with Gasteiger partial charge in [0.2, 0.25) is 12.2 Å². The second-order valence-electron chi connectivity index (χ2n) is 4.35. The first-order valence-electron chi connectivity index (χ1n) is 5.99. The van der Waals surface area contributed by atoms with Crippen LogP contribution in [0.5, 0.6) is 0 Å². The summed E-state index contributed by atoms with van der Waals surface area (Å²) in [4.78, 5) is 25.3. The monoisotopic (exact) mass is 301 g/mol. The molecule has 0 bridgehead atoms. The second kappa shape index (κ2) is 5.19. The molecule has 0 fully saturated rings. The third-order valence-electron chi connectivity index (χ3n) is 3.06. The number of amides is 1. The number of carbonyl (C=O) groups is 2. The van der Waals surface area contributed by atoms with Crippen molar-refractivity contribution in [1.29, 1.82) is 0 Å². The Balaban J connectivity index is 1.90. The van der Waals surface area contributed by atoms with Crippen molar-refractivity contribution >= 4 is 50.0 Å². The Morgan fingerprint density at radius 2 is 1.90 bits per heavy atom. The fourth-order valence-corrected chi connectivity index (χ4v) is 4.00. The number of ketones is 1.